The first-order valence-corrected chi connectivity index (χ1v) is 10.8. The Morgan fingerprint density at radius 3 is 2.69 bits per heavy atom. The van der Waals surface area contributed by atoms with Gasteiger partial charge in [0, 0.05) is 25.2 Å². The van der Waals surface area contributed by atoms with Gasteiger partial charge in [0.15, 0.2) is 11.0 Å². The van der Waals surface area contributed by atoms with E-state index >= 15 is 0 Å². The molecule has 0 saturated carbocycles. The summed E-state index contributed by atoms with van der Waals surface area (Å²) in [6, 6.07) is 10.1. The zero-order valence-electron chi connectivity index (χ0n) is 16.2. The molecule has 3 rings (SSSR count). The number of halogens is 1. The number of aromatic amines is 1. The number of nitrogens with one attached hydrogen (secondary N) is 1. The number of hydrogen-bond acceptors (Lipinski definition) is 4. The molecule has 152 valence electrons. The van der Waals surface area contributed by atoms with E-state index in [1.165, 1.54) is 6.07 Å². The summed E-state index contributed by atoms with van der Waals surface area (Å²) in [5.41, 5.74) is 2.84. The van der Waals surface area contributed by atoms with Crippen molar-refractivity contribution < 1.29 is 22.3 Å². The Morgan fingerprint density at radius 1 is 1.38 bits per heavy atom. The number of rotatable bonds is 6. The molecule has 1 heterocycles. The maximum absolute atomic E-state index is 11.7. The lowest BCUT2D eigenvalue weighted by molar-refractivity contribution is -0.668. The molecule has 1 aromatic heterocycles. The van der Waals surface area contributed by atoms with E-state index in [4.69, 9.17) is 16.3 Å². The minimum atomic E-state index is -4.36. The number of nitrogens with zero attached hydrogens (tertiary/aromatic N) is 2. The van der Waals surface area contributed by atoms with Gasteiger partial charge in [-0.15, -0.1) is 0 Å². The molecular formula is C20H21ClN3O4S+. The van der Waals surface area contributed by atoms with Crippen molar-refractivity contribution in [3.8, 4) is 6.07 Å². The van der Waals surface area contributed by atoms with Crippen LogP contribution in [0, 0.1) is 18.3 Å². The van der Waals surface area contributed by atoms with Crippen LogP contribution < -0.4 is 4.57 Å². The molecule has 3 aromatic rings. The molecule has 2 N–H and O–H groups in total. The molecular weight excluding hydrogens is 414 g/mol. The number of ether oxygens (including phenoxy) is 1. The standard InChI is InChI=1S/C20H20ClN3O4S/c1-4-28-12(2)19-15(10-22)16(21)9-17-20(19)23-13(3)24(17)11-14-7-5-6-8-18(14)29(25,26)27/h5-9,12H,4,11H2,1-3H3,(H,25,26,27)/p+1. The molecule has 0 bridgehead atoms. The Labute approximate surface area is 174 Å². The van der Waals surface area contributed by atoms with Gasteiger partial charge in [-0.05, 0) is 19.9 Å². The average molecular weight is 435 g/mol. The van der Waals surface area contributed by atoms with E-state index in [1.807, 2.05) is 25.3 Å². The smallest absolute Gasteiger partial charge is 0.294 e. The van der Waals surface area contributed by atoms with Crippen molar-refractivity contribution in [1.29, 1.82) is 5.26 Å². The molecule has 0 amide bonds. The summed E-state index contributed by atoms with van der Waals surface area (Å²) in [5, 5.41) is 9.90. The summed E-state index contributed by atoms with van der Waals surface area (Å²) in [5.74, 6) is 0.737. The number of H-pyrrole nitrogens is 1. The fourth-order valence-corrected chi connectivity index (χ4v) is 4.50. The van der Waals surface area contributed by atoms with E-state index in [-0.39, 0.29) is 22.6 Å². The van der Waals surface area contributed by atoms with Crippen molar-refractivity contribution in [3.05, 3.63) is 57.9 Å². The van der Waals surface area contributed by atoms with Crippen LogP contribution >= 0.6 is 11.6 Å². The molecule has 0 radical (unpaired) electrons. The minimum Gasteiger partial charge on any atom is -0.374 e. The van der Waals surface area contributed by atoms with E-state index < -0.39 is 10.1 Å². The predicted octanol–water partition coefficient (Wildman–Crippen LogP) is 3.68. The van der Waals surface area contributed by atoms with Crippen LogP contribution in [0.2, 0.25) is 5.02 Å². The van der Waals surface area contributed by atoms with E-state index in [0.717, 1.165) is 5.82 Å². The van der Waals surface area contributed by atoms with Crippen molar-refractivity contribution in [2.45, 2.75) is 38.3 Å². The quantitative estimate of drug-likeness (QED) is 0.454. The highest BCUT2D eigenvalue weighted by atomic mass is 35.5. The first-order chi connectivity index (χ1) is 13.7. The van der Waals surface area contributed by atoms with Gasteiger partial charge < -0.3 is 4.74 Å². The summed E-state index contributed by atoms with van der Waals surface area (Å²) >= 11 is 6.40. The van der Waals surface area contributed by atoms with Crippen LogP contribution in [0.4, 0.5) is 0 Å². The summed E-state index contributed by atoms with van der Waals surface area (Å²) in [6.07, 6.45) is -0.368. The van der Waals surface area contributed by atoms with Crippen molar-refractivity contribution >= 4 is 32.8 Å². The highest BCUT2D eigenvalue weighted by molar-refractivity contribution is 7.85. The molecule has 9 heteroatoms. The maximum Gasteiger partial charge on any atom is 0.294 e. The summed E-state index contributed by atoms with van der Waals surface area (Å²) in [6.45, 7) is 6.22. The van der Waals surface area contributed by atoms with Crippen LogP contribution in [-0.2, 0) is 21.4 Å². The molecule has 1 atom stereocenters. The summed E-state index contributed by atoms with van der Waals surface area (Å²) in [4.78, 5) is 3.13. The largest absolute Gasteiger partial charge is 0.374 e. The van der Waals surface area contributed by atoms with Crippen LogP contribution in [0.15, 0.2) is 35.2 Å². The third-order valence-electron chi connectivity index (χ3n) is 4.81. The molecule has 0 saturated heterocycles. The van der Waals surface area contributed by atoms with Crippen molar-refractivity contribution in [3.63, 3.8) is 0 Å². The Bertz CT molecular complexity index is 1230. The lowest BCUT2D eigenvalue weighted by Gasteiger charge is -2.14. The molecule has 0 aliphatic heterocycles. The normalized spacial score (nSPS) is 12.8. The fraction of sp³-hybridized carbons (Fsp3) is 0.300. The van der Waals surface area contributed by atoms with E-state index in [2.05, 4.69) is 11.1 Å². The van der Waals surface area contributed by atoms with Gasteiger partial charge in [0.25, 0.3) is 15.9 Å². The first kappa shape index (κ1) is 21.3. The number of imidazole rings is 1. The fourth-order valence-electron chi connectivity index (χ4n) is 3.54. The predicted molar refractivity (Wildman–Crippen MR) is 108 cm³/mol. The molecule has 0 spiro atoms. The Balaban J connectivity index is 2.25. The Kier molecular flexibility index (Phi) is 5.96. The minimum absolute atomic E-state index is 0.149. The number of fused-ring (bicyclic) bond motifs is 1. The number of nitriles is 1. The molecule has 7 nitrogen and oxygen atoms in total. The molecule has 0 aliphatic rings. The Hall–Kier alpha value is -2.44. The van der Waals surface area contributed by atoms with Crippen LogP contribution in [0.5, 0.6) is 0 Å². The molecule has 1 unspecified atom stereocenters. The molecule has 0 aliphatic carbocycles. The second-order valence-corrected chi connectivity index (χ2v) is 8.43. The number of hydrogen-bond donors (Lipinski definition) is 2. The van der Waals surface area contributed by atoms with Crippen molar-refractivity contribution in [2.75, 3.05) is 6.61 Å². The number of aryl methyl sites for hydroxylation is 1. The molecule has 0 fully saturated rings. The van der Waals surface area contributed by atoms with Gasteiger partial charge in [-0.2, -0.15) is 13.7 Å². The zero-order chi connectivity index (χ0) is 21.3. The zero-order valence-corrected chi connectivity index (χ0v) is 17.8. The van der Waals surface area contributed by atoms with Crippen LogP contribution in [0.3, 0.4) is 0 Å². The second-order valence-electron chi connectivity index (χ2n) is 6.63. The van der Waals surface area contributed by atoms with E-state index in [0.29, 0.717) is 34.3 Å². The number of aromatic nitrogens is 2. The monoisotopic (exact) mass is 434 g/mol. The average Bonchev–Trinajstić information content (AvgIpc) is 2.95. The van der Waals surface area contributed by atoms with E-state index in [1.54, 1.807) is 24.3 Å². The lowest BCUT2D eigenvalue weighted by atomic mass is 10.0. The summed E-state index contributed by atoms with van der Waals surface area (Å²) < 4.78 is 40.6. The second kappa shape index (κ2) is 8.13. The maximum atomic E-state index is 11.7. The summed E-state index contributed by atoms with van der Waals surface area (Å²) in [7, 11) is -4.36. The van der Waals surface area contributed by atoms with Gasteiger partial charge in [0.05, 0.1) is 22.3 Å². The van der Waals surface area contributed by atoms with Crippen molar-refractivity contribution in [2.24, 2.45) is 0 Å². The van der Waals surface area contributed by atoms with Gasteiger partial charge in [-0.1, -0.05) is 29.8 Å². The highest BCUT2D eigenvalue weighted by Crippen LogP contribution is 2.33. The SMILES string of the molecule is CCOC(C)c1c(C#N)c(Cl)cc2c1[nH]c(C)[n+]2Cc1ccccc1S(=O)(=O)O. The van der Waals surface area contributed by atoms with Gasteiger partial charge >= 0.3 is 0 Å². The highest BCUT2D eigenvalue weighted by Gasteiger charge is 2.27. The van der Waals surface area contributed by atoms with Gasteiger partial charge in [-0.3, -0.25) is 4.55 Å². The first-order valence-electron chi connectivity index (χ1n) is 9.00. The van der Waals surface area contributed by atoms with Crippen LogP contribution in [0.25, 0.3) is 11.0 Å². The van der Waals surface area contributed by atoms with Gasteiger partial charge in [0.1, 0.15) is 17.5 Å². The van der Waals surface area contributed by atoms with Gasteiger partial charge in [0.2, 0.25) is 0 Å². The third kappa shape index (κ3) is 4.00. The Morgan fingerprint density at radius 2 is 2.07 bits per heavy atom. The molecule has 2 aromatic carbocycles. The topological polar surface area (TPSA) is 107 Å². The van der Waals surface area contributed by atoms with Crippen molar-refractivity contribution in [1.82, 2.24) is 4.98 Å². The van der Waals surface area contributed by atoms with Crippen LogP contribution in [-0.4, -0.2) is 24.6 Å². The van der Waals surface area contributed by atoms with E-state index in [9.17, 15) is 18.2 Å². The van der Waals surface area contributed by atoms with Gasteiger partial charge in [-0.25, -0.2) is 9.55 Å². The number of benzene rings is 2. The lowest BCUT2D eigenvalue weighted by Crippen LogP contribution is -2.36. The molecule has 29 heavy (non-hydrogen) atoms. The third-order valence-corrected chi connectivity index (χ3v) is 6.06. The van der Waals surface area contributed by atoms with Crippen LogP contribution in [0.1, 0.15) is 42.5 Å².